The molecule has 2 fully saturated rings. The van der Waals surface area contributed by atoms with E-state index in [4.69, 9.17) is 4.74 Å². The zero-order valence-corrected chi connectivity index (χ0v) is 17.2. The van der Waals surface area contributed by atoms with Crippen molar-refractivity contribution in [1.82, 2.24) is 0 Å². The van der Waals surface area contributed by atoms with Crippen LogP contribution in [0, 0.1) is 17.3 Å². The number of hydrogen-bond acceptors (Lipinski definition) is 5. The van der Waals surface area contributed by atoms with Gasteiger partial charge in [0.15, 0.2) is 12.0 Å². The number of alkyl halides is 4. The van der Waals surface area contributed by atoms with E-state index in [2.05, 4.69) is 4.18 Å². The van der Waals surface area contributed by atoms with E-state index in [0.29, 0.717) is 24.8 Å². The fourth-order valence-corrected chi connectivity index (χ4v) is 6.27. The van der Waals surface area contributed by atoms with Crippen LogP contribution in [0.15, 0.2) is 18.2 Å². The first kappa shape index (κ1) is 21.5. The van der Waals surface area contributed by atoms with Crippen molar-refractivity contribution in [2.24, 2.45) is 17.3 Å². The number of methoxy groups -OCH3 is 1. The minimum absolute atomic E-state index is 0.00317. The smallest absolute Gasteiger partial charge is 0.381 e. The quantitative estimate of drug-likeness (QED) is 0.397. The highest BCUT2D eigenvalue weighted by Crippen LogP contribution is 2.60. The second-order valence-electron chi connectivity index (χ2n) is 8.64. The van der Waals surface area contributed by atoms with Gasteiger partial charge in [-0.25, -0.2) is 4.39 Å². The summed E-state index contributed by atoms with van der Waals surface area (Å²) in [4.78, 5) is 12.5. The molecule has 1 aromatic carbocycles. The Morgan fingerprint density at radius 1 is 1.23 bits per heavy atom. The van der Waals surface area contributed by atoms with Crippen molar-refractivity contribution in [3.8, 4) is 5.75 Å². The third-order valence-electron chi connectivity index (χ3n) is 7.14. The third-order valence-corrected chi connectivity index (χ3v) is 8.12. The molecule has 0 unspecified atom stereocenters. The highest BCUT2D eigenvalue weighted by Gasteiger charge is 2.61. The molecule has 0 heterocycles. The maximum Gasteiger partial charge on any atom is 0.534 e. The van der Waals surface area contributed by atoms with Crippen LogP contribution < -0.4 is 4.18 Å². The highest BCUT2D eigenvalue weighted by molar-refractivity contribution is 7.88. The number of hydrogen-bond donors (Lipinski definition) is 0. The van der Waals surface area contributed by atoms with Crippen LogP contribution in [0.2, 0.25) is 0 Å². The largest absolute Gasteiger partial charge is 0.534 e. The van der Waals surface area contributed by atoms with E-state index in [1.807, 2.05) is 0 Å². The van der Waals surface area contributed by atoms with Gasteiger partial charge in [-0.2, -0.15) is 21.6 Å². The minimum atomic E-state index is -5.75. The highest BCUT2D eigenvalue weighted by atomic mass is 32.2. The molecule has 3 aliphatic carbocycles. The van der Waals surface area contributed by atoms with E-state index in [1.165, 1.54) is 19.2 Å². The third kappa shape index (κ3) is 3.14. The molecule has 0 aromatic heterocycles. The number of halogens is 4. The Morgan fingerprint density at radius 3 is 2.57 bits per heavy atom. The number of rotatable bonds is 3. The Bertz CT molecular complexity index is 976. The van der Waals surface area contributed by atoms with Crippen LogP contribution in [-0.2, 0) is 26.1 Å². The Hall–Kier alpha value is -1.68. The van der Waals surface area contributed by atoms with Crippen molar-refractivity contribution in [1.29, 1.82) is 0 Å². The summed E-state index contributed by atoms with van der Waals surface area (Å²) >= 11 is 0. The summed E-state index contributed by atoms with van der Waals surface area (Å²) in [6.45, 7) is 1.80. The van der Waals surface area contributed by atoms with Crippen LogP contribution in [0.25, 0.3) is 0 Å². The maximum absolute atomic E-state index is 14.3. The van der Waals surface area contributed by atoms with Crippen LogP contribution in [-0.4, -0.2) is 39.1 Å². The van der Waals surface area contributed by atoms with Crippen molar-refractivity contribution in [2.75, 3.05) is 7.11 Å². The molecule has 4 rings (SSSR count). The van der Waals surface area contributed by atoms with Crippen LogP contribution >= 0.6 is 0 Å². The number of Topliss-reactive ketones (excluding diaryl/α,β-unsaturated/α-hetero) is 1. The maximum atomic E-state index is 14.3. The van der Waals surface area contributed by atoms with Crippen molar-refractivity contribution in [3.05, 3.63) is 29.3 Å². The molecular weight excluding hydrogens is 428 g/mol. The van der Waals surface area contributed by atoms with Crippen LogP contribution in [0.5, 0.6) is 5.75 Å². The lowest BCUT2D eigenvalue weighted by Crippen LogP contribution is -2.49. The van der Waals surface area contributed by atoms with E-state index in [-0.39, 0.29) is 36.1 Å². The topological polar surface area (TPSA) is 69.7 Å². The van der Waals surface area contributed by atoms with Gasteiger partial charge in [-0.05, 0) is 60.8 Å². The number of benzene rings is 1. The SMILES string of the molecule is CO[C@H]1C[C@]2(C)C(=O)[C@@H](F)C[C@H]2[C@@H]2CCc3cc(OS(=O)(=O)C(F)(F)F)ccc3[C@H]21. The predicted octanol–water partition coefficient (Wildman–Crippen LogP) is 3.91. The molecule has 166 valence electrons. The van der Waals surface area contributed by atoms with Gasteiger partial charge in [0.2, 0.25) is 0 Å². The van der Waals surface area contributed by atoms with Crippen LogP contribution in [0.1, 0.15) is 43.2 Å². The Kier molecular flexibility index (Phi) is 4.97. The van der Waals surface area contributed by atoms with Gasteiger partial charge in [0.25, 0.3) is 0 Å². The average Bonchev–Trinajstić information content (AvgIpc) is 2.89. The van der Waals surface area contributed by atoms with Crippen LogP contribution in [0.3, 0.4) is 0 Å². The molecule has 0 bridgehead atoms. The van der Waals surface area contributed by atoms with Gasteiger partial charge in [0, 0.05) is 18.4 Å². The lowest BCUT2D eigenvalue weighted by molar-refractivity contribution is -0.137. The van der Waals surface area contributed by atoms with Crippen molar-refractivity contribution in [2.45, 2.75) is 56.3 Å². The van der Waals surface area contributed by atoms with Crippen molar-refractivity contribution >= 4 is 15.9 Å². The average molecular weight is 450 g/mol. The van der Waals surface area contributed by atoms with E-state index >= 15 is 0 Å². The van der Waals surface area contributed by atoms with E-state index in [9.17, 15) is 30.8 Å². The molecule has 30 heavy (non-hydrogen) atoms. The van der Waals surface area contributed by atoms with Gasteiger partial charge >= 0.3 is 15.6 Å². The monoisotopic (exact) mass is 450 g/mol. The lowest BCUT2D eigenvalue weighted by Gasteiger charge is -2.51. The van der Waals surface area contributed by atoms with E-state index in [1.54, 1.807) is 13.0 Å². The Labute approximate surface area is 171 Å². The molecule has 0 radical (unpaired) electrons. The van der Waals surface area contributed by atoms with Gasteiger partial charge in [0.05, 0.1) is 6.10 Å². The molecule has 0 spiro atoms. The summed E-state index contributed by atoms with van der Waals surface area (Å²) in [6.07, 6.45) is -0.223. The second kappa shape index (κ2) is 6.91. The standard InChI is InChI=1S/C20H22F4O5S/c1-19-9-16(28-2)17-12-6-4-11(29-30(26,27)20(22,23)24)7-10(12)3-5-13(17)14(19)8-15(21)18(19)25/h4,6-7,13-17H,3,5,8-9H2,1-2H3/t13-,14-,15-,16-,17+,19-/m0/s1. The molecule has 2 saturated carbocycles. The van der Waals surface area contributed by atoms with Gasteiger partial charge in [-0.3, -0.25) is 4.79 Å². The number of carbonyl (C=O) groups excluding carboxylic acids is 1. The van der Waals surface area contributed by atoms with E-state index in [0.717, 1.165) is 5.56 Å². The molecule has 3 aliphatic rings. The Balaban J connectivity index is 1.68. The summed E-state index contributed by atoms with van der Waals surface area (Å²) in [5.41, 5.74) is -4.80. The number of ether oxygens (including phenoxy) is 1. The number of carbonyl (C=O) groups is 1. The Morgan fingerprint density at radius 2 is 1.93 bits per heavy atom. The number of fused-ring (bicyclic) bond motifs is 5. The normalized spacial score (nSPS) is 36.1. The fourth-order valence-electron chi connectivity index (χ4n) is 5.81. The van der Waals surface area contributed by atoms with Crippen LogP contribution in [0.4, 0.5) is 17.6 Å². The molecule has 1 aromatic rings. The molecule has 10 heteroatoms. The zero-order valence-electron chi connectivity index (χ0n) is 16.4. The predicted molar refractivity (Wildman–Crippen MR) is 98.1 cm³/mol. The first-order chi connectivity index (χ1) is 13.9. The molecule has 0 N–H and O–H groups in total. The number of ketones is 1. The lowest BCUT2D eigenvalue weighted by atomic mass is 9.54. The summed E-state index contributed by atoms with van der Waals surface area (Å²) in [5, 5.41) is 0. The summed E-state index contributed by atoms with van der Waals surface area (Å²) < 4.78 is 84.7. The van der Waals surface area contributed by atoms with Gasteiger partial charge in [-0.1, -0.05) is 13.0 Å². The first-order valence-corrected chi connectivity index (χ1v) is 11.1. The molecular formula is C20H22F4O5S. The van der Waals surface area contributed by atoms with Gasteiger partial charge in [-0.15, -0.1) is 0 Å². The first-order valence-electron chi connectivity index (χ1n) is 9.74. The number of aryl methyl sites for hydroxylation is 1. The fraction of sp³-hybridized carbons (Fsp3) is 0.650. The molecule has 5 nitrogen and oxygen atoms in total. The van der Waals surface area contributed by atoms with Gasteiger partial charge < -0.3 is 8.92 Å². The van der Waals surface area contributed by atoms with Crippen molar-refractivity contribution < 1.29 is 39.7 Å². The second-order valence-corrected chi connectivity index (χ2v) is 10.2. The molecule has 0 saturated heterocycles. The van der Waals surface area contributed by atoms with Crippen molar-refractivity contribution in [3.63, 3.8) is 0 Å². The minimum Gasteiger partial charge on any atom is -0.381 e. The van der Waals surface area contributed by atoms with E-state index < -0.39 is 33.0 Å². The molecule has 6 atom stereocenters. The summed E-state index contributed by atoms with van der Waals surface area (Å²) in [6, 6.07) is 4.07. The summed E-state index contributed by atoms with van der Waals surface area (Å²) in [5.74, 6) is -1.07. The van der Waals surface area contributed by atoms with Gasteiger partial charge in [0.1, 0.15) is 5.75 Å². The zero-order chi connectivity index (χ0) is 22.1. The molecule has 0 aliphatic heterocycles. The molecule has 0 amide bonds. The summed E-state index contributed by atoms with van der Waals surface area (Å²) in [7, 11) is -4.22.